The van der Waals surface area contributed by atoms with E-state index < -0.39 is 0 Å². The zero-order chi connectivity index (χ0) is 13.6. The first kappa shape index (κ1) is 12.7. The van der Waals surface area contributed by atoms with E-state index in [-0.39, 0.29) is 0 Å². The second-order valence-electron chi connectivity index (χ2n) is 4.43. The third kappa shape index (κ3) is 2.28. The van der Waals surface area contributed by atoms with Crippen LogP contribution in [0.4, 0.5) is 5.95 Å². The van der Waals surface area contributed by atoms with Gasteiger partial charge in [0.25, 0.3) is 0 Å². The van der Waals surface area contributed by atoms with E-state index >= 15 is 0 Å². The van der Waals surface area contributed by atoms with Gasteiger partial charge >= 0.3 is 0 Å². The van der Waals surface area contributed by atoms with Crippen molar-refractivity contribution in [3.63, 3.8) is 0 Å². The van der Waals surface area contributed by atoms with Crippen LogP contribution >= 0.6 is 31.9 Å². The normalized spacial score (nSPS) is 11.1. The number of aromatic nitrogens is 2. The van der Waals surface area contributed by atoms with Gasteiger partial charge in [-0.1, -0.05) is 31.9 Å². The number of rotatable bonds is 1. The van der Waals surface area contributed by atoms with E-state index in [4.69, 9.17) is 5.73 Å². The molecular formula is C14H11Br2N3. The van der Waals surface area contributed by atoms with Crippen LogP contribution in [0.2, 0.25) is 0 Å². The molecule has 0 radical (unpaired) electrons. The molecule has 1 heterocycles. The van der Waals surface area contributed by atoms with Gasteiger partial charge in [-0.25, -0.2) is 4.98 Å². The quantitative estimate of drug-likeness (QED) is 0.678. The Morgan fingerprint density at radius 1 is 1.05 bits per heavy atom. The number of imidazole rings is 1. The van der Waals surface area contributed by atoms with Crippen LogP contribution < -0.4 is 5.73 Å². The molecule has 19 heavy (non-hydrogen) atoms. The van der Waals surface area contributed by atoms with Crippen molar-refractivity contribution in [2.45, 2.75) is 6.92 Å². The minimum atomic E-state index is 0.491. The van der Waals surface area contributed by atoms with Crippen molar-refractivity contribution in [3.8, 4) is 5.69 Å². The van der Waals surface area contributed by atoms with Gasteiger partial charge < -0.3 is 5.73 Å². The minimum Gasteiger partial charge on any atom is -0.369 e. The van der Waals surface area contributed by atoms with E-state index in [2.05, 4.69) is 55.9 Å². The molecule has 0 saturated carbocycles. The van der Waals surface area contributed by atoms with E-state index in [0.29, 0.717) is 5.95 Å². The molecule has 1 aromatic heterocycles. The molecule has 3 aromatic rings. The molecule has 96 valence electrons. The second kappa shape index (κ2) is 4.65. The molecule has 0 aliphatic carbocycles. The van der Waals surface area contributed by atoms with Crippen LogP contribution in [0, 0.1) is 6.92 Å². The molecule has 0 aliphatic rings. The standard InChI is InChI=1S/C14H11Br2N3/c1-8-4-10(16)6-11(5-8)19-13-3-2-9(15)7-12(13)18-14(19)17/h2-7H,1H3,(H2,17,18). The highest BCUT2D eigenvalue weighted by molar-refractivity contribution is 9.10. The van der Waals surface area contributed by atoms with Gasteiger partial charge in [0.05, 0.1) is 16.7 Å². The monoisotopic (exact) mass is 379 g/mol. The molecule has 0 aliphatic heterocycles. The van der Waals surface area contributed by atoms with Crippen molar-refractivity contribution in [2.75, 3.05) is 5.73 Å². The highest BCUT2D eigenvalue weighted by Crippen LogP contribution is 2.27. The second-order valence-corrected chi connectivity index (χ2v) is 6.26. The van der Waals surface area contributed by atoms with E-state index in [9.17, 15) is 0 Å². The molecule has 5 heteroatoms. The van der Waals surface area contributed by atoms with Crippen molar-refractivity contribution < 1.29 is 0 Å². The van der Waals surface area contributed by atoms with Gasteiger partial charge in [0.2, 0.25) is 5.95 Å². The lowest BCUT2D eigenvalue weighted by molar-refractivity contribution is 1.10. The predicted octanol–water partition coefficient (Wildman–Crippen LogP) is 4.44. The summed E-state index contributed by atoms with van der Waals surface area (Å²) in [4.78, 5) is 4.41. The summed E-state index contributed by atoms with van der Waals surface area (Å²) in [6, 6.07) is 12.2. The average molecular weight is 381 g/mol. The molecule has 0 bridgehead atoms. The lowest BCUT2D eigenvalue weighted by atomic mass is 10.2. The van der Waals surface area contributed by atoms with Crippen molar-refractivity contribution in [1.29, 1.82) is 0 Å². The van der Waals surface area contributed by atoms with Gasteiger partial charge in [-0.2, -0.15) is 0 Å². The fourth-order valence-electron chi connectivity index (χ4n) is 2.19. The molecule has 0 fully saturated rings. The summed E-state index contributed by atoms with van der Waals surface area (Å²) in [6.45, 7) is 2.06. The van der Waals surface area contributed by atoms with Gasteiger partial charge in [0, 0.05) is 8.95 Å². The van der Waals surface area contributed by atoms with Crippen LogP contribution in [0.15, 0.2) is 45.3 Å². The molecule has 0 saturated heterocycles. The van der Waals surface area contributed by atoms with Crippen LogP contribution in [0.25, 0.3) is 16.7 Å². The maximum absolute atomic E-state index is 6.06. The maximum Gasteiger partial charge on any atom is 0.205 e. The molecule has 0 amide bonds. The Labute approximate surface area is 127 Å². The highest BCUT2D eigenvalue weighted by Gasteiger charge is 2.11. The Morgan fingerprint density at radius 2 is 1.84 bits per heavy atom. The first-order chi connectivity index (χ1) is 9.04. The fourth-order valence-corrected chi connectivity index (χ4v) is 3.13. The number of nitrogens with two attached hydrogens (primary N) is 1. The predicted molar refractivity (Wildman–Crippen MR) is 85.6 cm³/mol. The van der Waals surface area contributed by atoms with Gasteiger partial charge in [-0.15, -0.1) is 0 Å². The average Bonchev–Trinajstić information content (AvgIpc) is 2.62. The molecule has 3 rings (SSSR count). The van der Waals surface area contributed by atoms with Crippen LogP contribution in [0.1, 0.15) is 5.56 Å². The fraction of sp³-hybridized carbons (Fsp3) is 0.0714. The summed E-state index contributed by atoms with van der Waals surface area (Å²) in [5, 5.41) is 0. The molecule has 0 atom stereocenters. The van der Waals surface area contributed by atoms with Gasteiger partial charge in [-0.3, -0.25) is 4.57 Å². The van der Waals surface area contributed by atoms with Crippen molar-refractivity contribution in [2.24, 2.45) is 0 Å². The van der Waals surface area contributed by atoms with E-state index in [1.165, 1.54) is 5.56 Å². The molecule has 0 spiro atoms. The third-order valence-corrected chi connectivity index (χ3v) is 3.88. The van der Waals surface area contributed by atoms with Crippen LogP contribution in [-0.2, 0) is 0 Å². The number of benzene rings is 2. The number of aryl methyl sites for hydroxylation is 1. The number of fused-ring (bicyclic) bond motifs is 1. The van der Waals surface area contributed by atoms with E-state index in [0.717, 1.165) is 25.7 Å². The third-order valence-electron chi connectivity index (χ3n) is 2.93. The number of hydrogen-bond acceptors (Lipinski definition) is 2. The molecular weight excluding hydrogens is 370 g/mol. The lowest BCUT2D eigenvalue weighted by Gasteiger charge is -2.08. The Hall–Kier alpha value is -1.33. The van der Waals surface area contributed by atoms with Crippen LogP contribution in [0.3, 0.4) is 0 Å². The zero-order valence-corrected chi connectivity index (χ0v) is 13.4. The summed E-state index contributed by atoms with van der Waals surface area (Å²) in [5.74, 6) is 0.491. The summed E-state index contributed by atoms with van der Waals surface area (Å²) < 4.78 is 3.98. The number of halogens is 2. The maximum atomic E-state index is 6.06. The molecule has 2 aromatic carbocycles. The van der Waals surface area contributed by atoms with Gasteiger partial charge in [0.1, 0.15) is 0 Å². The van der Waals surface area contributed by atoms with Crippen LogP contribution in [0.5, 0.6) is 0 Å². The topological polar surface area (TPSA) is 43.8 Å². The van der Waals surface area contributed by atoms with Gasteiger partial charge in [0.15, 0.2) is 0 Å². The Balaban J connectivity index is 2.32. The molecule has 2 N–H and O–H groups in total. The SMILES string of the molecule is Cc1cc(Br)cc(-n2c(N)nc3cc(Br)ccc32)c1. The van der Waals surface area contributed by atoms with Gasteiger partial charge in [-0.05, 0) is 48.9 Å². The highest BCUT2D eigenvalue weighted by atomic mass is 79.9. The van der Waals surface area contributed by atoms with E-state index in [1.807, 2.05) is 28.8 Å². The van der Waals surface area contributed by atoms with E-state index in [1.54, 1.807) is 0 Å². The Bertz CT molecular complexity index is 757. The number of hydrogen-bond donors (Lipinski definition) is 1. The minimum absolute atomic E-state index is 0.491. The number of anilines is 1. The van der Waals surface area contributed by atoms with Crippen molar-refractivity contribution in [1.82, 2.24) is 9.55 Å². The first-order valence-electron chi connectivity index (χ1n) is 5.75. The smallest absolute Gasteiger partial charge is 0.205 e. The van der Waals surface area contributed by atoms with Crippen molar-refractivity contribution >= 4 is 48.8 Å². The molecule has 0 unspecified atom stereocenters. The zero-order valence-electron chi connectivity index (χ0n) is 10.2. The number of nitrogen functional groups attached to an aromatic ring is 1. The summed E-state index contributed by atoms with van der Waals surface area (Å²) in [7, 11) is 0. The number of nitrogens with zero attached hydrogens (tertiary/aromatic N) is 2. The van der Waals surface area contributed by atoms with Crippen LogP contribution in [-0.4, -0.2) is 9.55 Å². The Kier molecular flexibility index (Phi) is 3.11. The summed E-state index contributed by atoms with van der Waals surface area (Å²) >= 11 is 6.96. The Morgan fingerprint density at radius 3 is 2.58 bits per heavy atom. The van der Waals surface area contributed by atoms with Crippen molar-refractivity contribution in [3.05, 3.63) is 50.9 Å². The largest absolute Gasteiger partial charge is 0.369 e. The lowest BCUT2D eigenvalue weighted by Crippen LogP contribution is -2.00. The molecule has 3 nitrogen and oxygen atoms in total. The first-order valence-corrected chi connectivity index (χ1v) is 7.34. The summed E-state index contributed by atoms with van der Waals surface area (Å²) in [6.07, 6.45) is 0. The summed E-state index contributed by atoms with van der Waals surface area (Å²) in [5.41, 5.74) is 10.1.